The van der Waals surface area contributed by atoms with Crippen LogP contribution in [0.4, 0.5) is 28.2 Å². The summed E-state index contributed by atoms with van der Waals surface area (Å²) in [6, 6.07) is 7.55. The maximum atomic E-state index is 12.8. The zero-order chi connectivity index (χ0) is 24.2. The molecule has 4 heterocycles. The van der Waals surface area contributed by atoms with E-state index in [9.17, 15) is 4.79 Å². The SMILES string of the molecule is Cc1cc(Nc2cc(C)[nH]n2)nc(N2CCN(C(=O)NC(C)c3ccc(N(C)C)nc3)CC2)n1. The van der Waals surface area contributed by atoms with Gasteiger partial charge in [-0.2, -0.15) is 10.1 Å². The van der Waals surface area contributed by atoms with E-state index in [1.165, 1.54) is 0 Å². The highest BCUT2D eigenvalue weighted by molar-refractivity contribution is 5.75. The van der Waals surface area contributed by atoms with Crippen molar-refractivity contribution in [3.63, 3.8) is 0 Å². The Morgan fingerprint density at radius 3 is 2.47 bits per heavy atom. The van der Waals surface area contributed by atoms with Crippen LogP contribution in [0.2, 0.25) is 0 Å². The first kappa shape index (κ1) is 23.3. The monoisotopic (exact) mass is 464 g/mol. The van der Waals surface area contributed by atoms with Crippen molar-refractivity contribution in [3.05, 3.63) is 47.4 Å². The minimum Gasteiger partial charge on any atom is -0.363 e. The maximum absolute atomic E-state index is 12.8. The molecule has 1 saturated heterocycles. The van der Waals surface area contributed by atoms with E-state index in [-0.39, 0.29) is 12.1 Å². The zero-order valence-corrected chi connectivity index (χ0v) is 20.3. The number of aromatic amines is 1. The molecule has 34 heavy (non-hydrogen) atoms. The lowest BCUT2D eigenvalue weighted by molar-refractivity contribution is 0.191. The molecule has 0 spiro atoms. The van der Waals surface area contributed by atoms with Crippen LogP contribution in [-0.2, 0) is 0 Å². The number of H-pyrrole nitrogens is 1. The molecular formula is C23H32N10O. The summed E-state index contributed by atoms with van der Waals surface area (Å²) in [5, 5.41) is 13.4. The van der Waals surface area contributed by atoms with Gasteiger partial charge in [0.1, 0.15) is 11.6 Å². The number of urea groups is 1. The second-order valence-electron chi connectivity index (χ2n) is 8.75. The fourth-order valence-electron chi connectivity index (χ4n) is 3.76. The number of amides is 2. The normalized spacial score (nSPS) is 14.6. The number of rotatable bonds is 6. The number of aromatic nitrogens is 5. The second-order valence-corrected chi connectivity index (χ2v) is 8.75. The van der Waals surface area contributed by atoms with Gasteiger partial charge in [-0.25, -0.2) is 14.8 Å². The summed E-state index contributed by atoms with van der Waals surface area (Å²) in [5.74, 6) is 2.94. The molecule has 11 nitrogen and oxygen atoms in total. The number of nitrogens with one attached hydrogen (secondary N) is 3. The fraction of sp³-hybridized carbons (Fsp3) is 0.435. The maximum Gasteiger partial charge on any atom is 0.317 e. The van der Waals surface area contributed by atoms with Gasteiger partial charge in [-0.3, -0.25) is 5.10 Å². The lowest BCUT2D eigenvalue weighted by atomic mass is 10.1. The van der Waals surface area contributed by atoms with E-state index in [1.807, 2.05) is 75.1 Å². The lowest BCUT2D eigenvalue weighted by Gasteiger charge is -2.35. The van der Waals surface area contributed by atoms with E-state index in [0.717, 1.165) is 22.8 Å². The summed E-state index contributed by atoms with van der Waals surface area (Å²) in [7, 11) is 3.90. The molecule has 3 N–H and O–H groups in total. The van der Waals surface area contributed by atoms with Gasteiger partial charge in [0.05, 0.1) is 6.04 Å². The standard InChI is InChI=1S/C23H32N10O/c1-15-12-19(27-20-13-16(2)29-30-20)28-22(25-15)32-8-10-33(11-9-32)23(34)26-17(3)18-6-7-21(24-14-18)31(4)5/h6-7,12-14,17H,8-11H2,1-5H3,(H,26,34)(H2,25,27,28,29,30). The van der Waals surface area contributed by atoms with Gasteiger partial charge in [-0.05, 0) is 32.4 Å². The third-order valence-corrected chi connectivity index (χ3v) is 5.72. The van der Waals surface area contributed by atoms with Crippen molar-refractivity contribution < 1.29 is 4.79 Å². The third-order valence-electron chi connectivity index (χ3n) is 5.72. The molecule has 1 aliphatic rings. The van der Waals surface area contributed by atoms with Crippen LogP contribution in [0.5, 0.6) is 0 Å². The first-order valence-corrected chi connectivity index (χ1v) is 11.4. The van der Waals surface area contributed by atoms with E-state index in [2.05, 4.69) is 40.7 Å². The van der Waals surface area contributed by atoms with E-state index in [1.54, 1.807) is 0 Å². The average Bonchev–Trinajstić information content (AvgIpc) is 3.23. The van der Waals surface area contributed by atoms with Gasteiger partial charge >= 0.3 is 6.03 Å². The number of nitrogens with zero attached hydrogens (tertiary/aromatic N) is 7. The molecule has 1 atom stereocenters. The Morgan fingerprint density at radius 1 is 1.09 bits per heavy atom. The van der Waals surface area contributed by atoms with Crippen LogP contribution < -0.4 is 20.4 Å². The Bertz CT molecular complexity index is 1120. The number of carbonyl (C=O) groups excluding carboxylic acids is 1. The first-order valence-electron chi connectivity index (χ1n) is 11.4. The number of hydrogen-bond acceptors (Lipinski definition) is 8. The average molecular weight is 465 g/mol. The Balaban J connectivity index is 1.33. The van der Waals surface area contributed by atoms with Crippen LogP contribution in [-0.4, -0.2) is 76.4 Å². The van der Waals surface area contributed by atoms with Crippen LogP contribution in [0.15, 0.2) is 30.5 Å². The lowest BCUT2D eigenvalue weighted by Crippen LogP contribution is -2.52. The van der Waals surface area contributed by atoms with Crippen molar-refractivity contribution >= 4 is 29.4 Å². The molecule has 0 aromatic carbocycles. The van der Waals surface area contributed by atoms with Crippen LogP contribution in [0.25, 0.3) is 0 Å². The Labute approximate surface area is 199 Å². The van der Waals surface area contributed by atoms with Crippen LogP contribution in [0, 0.1) is 13.8 Å². The molecule has 0 bridgehead atoms. The number of piperazine rings is 1. The Kier molecular flexibility index (Phi) is 6.80. The molecule has 1 unspecified atom stereocenters. The van der Waals surface area contributed by atoms with E-state index in [4.69, 9.17) is 0 Å². The number of anilines is 4. The quantitative estimate of drug-likeness (QED) is 0.510. The highest BCUT2D eigenvalue weighted by Gasteiger charge is 2.24. The molecule has 4 rings (SSSR count). The highest BCUT2D eigenvalue weighted by atomic mass is 16.2. The van der Waals surface area contributed by atoms with E-state index >= 15 is 0 Å². The summed E-state index contributed by atoms with van der Waals surface area (Å²) in [5.41, 5.74) is 2.81. The molecule has 0 saturated carbocycles. The largest absolute Gasteiger partial charge is 0.363 e. The van der Waals surface area contributed by atoms with Crippen molar-refractivity contribution in [3.8, 4) is 0 Å². The van der Waals surface area contributed by atoms with Gasteiger partial charge in [0.2, 0.25) is 5.95 Å². The summed E-state index contributed by atoms with van der Waals surface area (Å²) >= 11 is 0. The van der Waals surface area contributed by atoms with Gasteiger partial charge in [0.15, 0.2) is 5.82 Å². The summed E-state index contributed by atoms with van der Waals surface area (Å²) in [4.78, 5) is 32.4. The molecule has 11 heteroatoms. The molecule has 0 radical (unpaired) electrons. The van der Waals surface area contributed by atoms with Gasteiger partial charge in [0, 0.05) is 70.0 Å². The molecule has 1 fully saturated rings. The minimum absolute atomic E-state index is 0.0785. The topological polar surface area (TPSA) is 118 Å². The molecule has 3 aromatic heterocycles. The first-order chi connectivity index (χ1) is 16.3. The Morgan fingerprint density at radius 2 is 1.85 bits per heavy atom. The highest BCUT2D eigenvalue weighted by Crippen LogP contribution is 2.20. The van der Waals surface area contributed by atoms with Gasteiger partial charge in [-0.1, -0.05) is 6.07 Å². The summed E-state index contributed by atoms with van der Waals surface area (Å²) in [6.07, 6.45) is 1.81. The predicted molar refractivity (Wildman–Crippen MR) is 133 cm³/mol. The van der Waals surface area contributed by atoms with Gasteiger partial charge < -0.3 is 25.3 Å². The molecule has 3 aromatic rings. The predicted octanol–water partition coefficient (Wildman–Crippen LogP) is 2.61. The van der Waals surface area contributed by atoms with Crippen molar-refractivity contribution in [1.29, 1.82) is 0 Å². The van der Waals surface area contributed by atoms with Crippen LogP contribution in [0.3, 0.4) is 0 Å². The van der Waals surface area contributed by atoms with Crippen molar-refractivity contribution in [2.24, 2.45) is 0 Å². The van der Waals surface area contributed by atoms with Gasteiger partial charge in [-0.15, -0.1) is 0 Å². The van der Waals surface area contributed by atoms with E-state index < -0.39 is 0 Å². The smallest absolute Gasteiger partial charge is 0.317 e. The van der Waals surface area contributed by atoms with Crippen molar-refractivity contribution in [2.45, 2.75) is 26.8 Å². The van der Waals surface area contributed by atoms with E-state index in [0.29, 0.717) is 43.8 Å². The number of carbonyl (C=O) groups is 1. The summed E-state index contributed by atoms with van der Waals surface area (Å²) < 4.78 is 0. The van der Waals surface area contributed by atoms with Crippen LogP contribution in [0.1, 0.15) is 29.9 Å². The third kappa shape index (κ3) is 5.53. The van der Waals surface area contributed by atoms with Crippen molar-refractivity contribution in [1.82, 2.24) is 35.4 Å². The second kappa shape index (κ2) is 9.94. The fourth-order valence-corrected chi connectivity index (χ4v) is 3.76. The molecule has 0 aliphatic carbocycles. The molecular weight excluding hydrogens is 432 g/mol. The Hall–Kier alpha value is -3.89. The van der Waals surface area contributed by atoms with Crippen molar-refractivity contribution in [2.75, 3.05) is 55.4 Å². The van der Waals surface area contributed by atoms with Crippen LogP contribution >= 0.6 is 0 Å². The number of pyridine rings is 1. The molecule has 180 valence electrons. The number of hydrogen-bond donors (Lipinski definition) is 3. The molecule has 1 aliphatic heterocycles. The van der Waals surface area contributed by atoms with Gasteiger partial charge in [0.25, 0.3) is 0 Å². The number of aryl methyl sites for hydroxylation is 2. The molecule has 2 amide bonds. The zero-order valence-electron chi connectivity index (χ0n) is 20.3. The summed E-state index contributed by atoms with van der Waals surface area (Å²) in [6.45, 7) is 8.36. The minimum atomic E-state index is -0.131.